The molecule has 4 heterocycles. The molecule has 1 amide bonds. The lowest BCUT2D eigenvalue weighted by atomic mass is 10.1. The predicted molar refractivity (Wildman–Crippen MR) is 104 cm³/mol. The summed E-state index contributed by atoms with van der Waals surface area (Å²) in [5.74, 6) is 0.170. The zero-order valence-electron chi connectivity index (χ0n) is 15.5. The molecular formula is C20H28N4OS. The second-order valence-electron chi connectivity index (χ2n) is 7.45. The van der Waals surface area contributed by atoms with E-state index < -0.39 is 0 Å². The van der Waals surface area contributed by atoms with Gasteiger partial charge < -0.3 is 4.90 Å². The predicted octanol–water partition coefficient (Wildman–Crippen LogP) is 4.00. The maximum Gasteiger partial charge on any atom is 0.264 e. The molecule has 5 nitrogen and oxygen atoms in total. The number of rotatable bonds is 6. The van der Waals surface area contributed by atoms with E-state index in [1.165, 1.54) is 55.8 Å². The van der Waals surface area contributed by atoms with E-state index in [-0.39, 0.29) is 5.91 Å². The van der Waals surface area contributed by atoms with Crippen LogP contribution in [0.1, 0.15) is 70.9 Å². The van der Waals surface area contributed by atoms with Crippen molar-refractivity contribution in [1.82, 2.24) is 20.0 Å². The average Bonchev–Trinajstić information content (AvgIpc) is 3.40. The van der Waals surface area contributed by atoms with Gasteiger partial charge in [0.15, 0.2) is 0 Å². The summed E-state index contributed by atoms with van der Waals surface area (Å²) in [6, 6.07) is 4.74. The topological polar surface area (TPSA) is 52.2 Å². The van der Waals surface area contributed by atoms with Gasteiger partial charge in [-0.2, -0.15) is 5.10 Å². The van der Waals surface area contributed by atoms with E-state index in [4.69, 9.17) is 0 Å². The highest BCUT2D eigenvalue weighted by molar-refractivity contribution is 7.14. The summed E-state index contributed by atoms with van der Waals surface area (Å²) in [6.45, 7) is 6.09. The van der Waals surface area contributed by atoms with Crippen LogP contribution in [0.3, 0.4) is 0 Å². The van der Waals surface area contributed by atoms with Gasteiger partial charge in [-0.25, -0.2) is 0 Å². The SMILES string of the molecule is CCCCCN1CCCC1c1ccc(C(=O)N2CCc3[nH]ncc3C2)s1. The molecule has 4 rings (SSSR count). The van der Waals surface area contributed by atoms with Gasteiger partial charge in [0, 0.05) is 41.7 Å². The molecule has 2 aromatic heterocycles. The zero-order chi connectivity index (χ0) is 17.9. The first kappa shape index (κ1) is 17.7. The van der Waals surface area contributed by atoms with Gasteiger partial charge in [0.1, 0.15) is 0 Å². The summed E-state index contributed by atoms with van der Waals surface area (Å²) in [5.41, 5.74) is 2.33. The molecule has 1 saturated heterocycles. The Hall–Kier alpha value is -1.66. The largest absolute Gasteiger partial charge is 0.333 e. The molecular weight excluding hydrogens is 344 g/mol. The molecule has 1 unspecified atom stereocenters. The minimum absolute atomic E-state index is 0.170. The van der Waals surface area contributed by atoms with Crippen LogP contribution in [0.5, 0.6) is 0 Å². The highest BCUT2D eigenvalue weighted by Gasteiger charge is 2.29. The fourth-order valence-corrected chi connectivity index (χ4v) is 5.32. The Balaban J connectivity index is 1.42. The van der Waals surface area contributed by atoms with Gasteiger partial charge in [-0.05, 0) is 44.5 Å². The second-order valence-corrected chi connectivity index (χ2v) is 8.57. The van der Waals surface area contributed by atoms with E-state index in [9.17, 15) is 4.79 Å². The number of nitrogens with zero attached hydrogens (tertiary/aromatic N) is 3. The van der Waals surface area contributed by atoms with Gasteiger partial charge in [0.2, 0.25) is 0 Å². The van der Waals surface area contributed by atoms with Gasteiger partial charge >= 0.3 is 0 Å². The van der Waals surface area contributed by atoms with Gasteiger partial charge in [-0.1, -0.05) is 19.8 Å². The Morgan fingerprint density at radius 1 is 1.35 bits per heavy atom. The number of carbonyl (C=O) groups is 1. The van der Waals surface area contributed by atoms with E-state index in [0.717, 1.165) is 23.4 Å². The number of likely N-dealkylation sites (tertiary alicyclic amines) is 1. The number of fused-ring (bicyclic) bond motifs is 1. The fourth-order valence-electron chi connectivity index (χ4n) is 4.18. The summed E-state index contributed by atoms with van der Waals surface area (Å²) >= 11 is 1.70. The van der Waals surface area contributed by atoms with Crippen LogP contribution < -0.4 is 0 Å². The number of hydrogen-bond donors (Lipinski definition) is 1. The van der Waals surface area contributed by atoms with Crippen LogP contribution in [0.25, 0.3) is 0 Å². The van der Waals surface area contributed by atoms with Gasteiger partial charge in [0.25, 0.3) is 5.91 Å². The summed E-state index contributed by atoms with van der Waals surface area (Å²) in [6.07, 6.45) is 9.07. The van der Waals surface area contributed by atoms with Gasteiger partial charge in [-0.15, -0.1) is 11.3 Å². The molecule has 26 heavy (non-hydrogen) atoms. The van der Waals surface area contributed by atoms with Crippen molar-refractivity contribution in [2.75, 3.05) is 19.6 Å². The van der Waals surface area contributed by atoms with E-state index in [2.05, 4.69) is 28.1 Å². The number of amides is 1. The van der Waals surface area contributed by atoms with E-state index in [0.29, 0.717) is 12.6 Å². The molecule has 0 aliphatic carbocycles. The van der Waals surface area contributed by atoms with E-state index >= 15 is 0 Å². The smallest absolute Gasteiger partial charge is 0.264 e. The molecule has 0 saturated carbocycles. The molecule has 140 valence electrons. The number of carbonyl (C=O) groups excluding carboxylic acids is 1. The Kier molecular flexibility index (Phi) is 5.41. The second kappa shape index (κ2) is 7.92. The molecule has 2 aliphatic heterocycles. The van der Waals surface area contributed by atoms with Crippen molar-refractivity contribution in [3.05, 3.63) is 39.3 Å². The highest BCUT2D eigenvalue weighted by atomic mass is 32.1. The lowest BCUT2D eigenvalue weighted by molar-refractivity contribution is 0.0739. The Morgan fingerprint density at radius 2 is 2.27 bits per heavy atom. The zero-order valence-corrected chi connectivity index (χ0v) is 16.4. The van der Waals surface area contributed by atoms with Crippen LogP contribution in [0.15, 0.2) is 18.3 Å². The summed E-state index contributed by atoms with van der Waals surface area (Å²) < 4.78 is 0. The van der Waals surface area contributed by atoms with Crippen molar-refractivity contribution >= 4 is 17.2 Å². The highest BCUT2D eigenvalue weighted by Crippen LogP contribution is 2.36. The lowest BCUT2D eigenvalue weighted by Crippen LogP contribution is -2.35. The van der Waals surface area contributed by atoms with Crippen molar-refractivity contribution in [3.63, 3.8) is 0 Å². The minimum atomic E-state index is 0.170. The molecule has 0 bridgehead atoms. The Bertz CT molecular complexity index is 753. The third-order valence-corrected chi connectivity index (χ3v) is 6.84. The van der Waals surface area contributed by atoms with E-state index in [1.807, 2.05) is 17.2 Å². The molecule has 0 spiro atoms. The third-order valence-electron chi connectivity index (χ3n) is 5.67. The van der Waals surface area contributed by atoms with Crippen molar-refractivity contribution < 1.29 is 4.79 Å². The maximum atomic E-state index is 12.9. The number of hydrogen-bond acceptors (Lipinski definition) is 4. The number of aromatic amines is 1. The standard InChI is InChI=1S/C20H28N4OS/c1-2-3-4-10-23-11-5-6-17(23)18-7-8-19(26-18)20(25)24-12-9-16-15(14-24)13-21-22-16/h7-8,13,17H,2-6,9-12,14H2,1H3,(H,21,22). The fraction of sp³-hybridized carbons (Fsp3) is 0.600. The van der Waals surface area contributed by atoms with Gasteiger partial charge in [0.05, 0.1) is 11.1 Å². The molecule has 2 aromatic rings. The number of nitrogens with one attached hydrogen (secondary N) is 1. The molecule has 0 radical (unpaired) electrons. The quantitative estimate of drug-likeness (QED) is 0.780. The van der Waals surface area contributed by atoms with E-state index in [1.54, 1.807) is 11.3 Å². The van der Waals surface area contributed by atoms with Crippen LogP contribution in [0.4, 0.5) is 0 Å². The number of aromatic nitrogens is 2. The molecule has 2 aliphatic rings. The normalized spacial score (nSPS) is 20.5. The summed E-state index contributed by atoms with van der Waals surface area (Å²) in [7, 11) is 0. The summed E-state index contributed by atoms with van der Waals surface area (Å²) in [5, 5.41) is 7.13. The average molecular weight is 373 g/mol. The molecule has 0 aromatic carbocycles. The molecule has 1 fully saturated rings. The minimum Gasteiger partial charge on any atom is -0.333 e. The van der Waals surface area contributed by atoms with Crippen LogP contribution in [0.2, 0.25) is 0 Å². The first-order chi connectivity index (χ1) is 12.8. The maximum absolute atomic E-state index is 12.9. The monoisotopic (exact) mass is 372 g/mol. The van der Waals surface area contributed by atoms with Crippen molar-refractivity contribution in [1.29, 1.82) is 0 Å². The van der Waals surface area contributed by atoms with Crippen LogP contribution >= 0.6 is 11.3 Å². The molecule has 1 N–H and O–H groups in total. The third kappa shape index (κ3) is 3.58. The lowest BCUT2D eigenvalue weighted by Gasteiger charge is -2.26. The number of H-pyrrole nitrogens is 1. The first-order valence-electron chi connectivity index (χ1n) is 9.90. The van der Waals surface area contributed by atoms with Crippen LogP contribution in [-0.4, -0.2) is 45.5 Å². The van der Waals surface area contributed by atoms with Crippen molar-refractivity contribution in [2.24, 2.45) is 0 Å². The Labute approximate surface area is 159 Å². The van der Waals surface area contributed by atoms with Crippen molar-refractivity contribution in [2.45, 2.75) is 58.0 Å². The van der Waals surface area contributed by atoms with Crippen molar-refractivity contribution in [3.8, 4) is 0 Å². The molecule has 1 atom stereocenters. The van der Waals surface area contributed by atoms with Crippen LogP contribution in [-0.2, 0) is 13.0 Å². The van der Waals surface area contributed by atoms with Gasteiger partial charge in [-0.3, -0.25) is 14.8 Å². The summed E-state index contributed by atoms with van der Waals surface area (Å²) in [4.78, 5) is 19.8. The number of unbranched alkanes of at least 4 members (excludes halogenated alkanes) is 2. The van der Waals surface area contributed by atoms with Crippen LogP contribution in [0, 0.1) is 0 Å². The first-order valence-corrected chi connectivity index (χ1v) is 10.7. The molecule has 6 heteroatoms. The Morgan fingerprint density at radius 3 is 3.15 bits per heavy atom. The number of thiophene rings is 1.